The summed E-state index contributed by atoms with van der Waals surface area (Å²) in [5.74, 6) is -0.886. The second kappa shape index (κ2) is 10.7. The normalized spacial score (nSPS) is 12.1. The number of hydrogen-bond acceptors (Lipinski definition) is 7. The number of benzene rings is 1. The van der Waals surface area contributed by atoms with Gasteiger partial charge in [-0.15, -0.1) is 0 Å². The van der Waals surface area contributed by atoms with Crippen molar-refractivity contribution in [3.05, 3.63) is 65.7 Å². The summed E-state index contributed by atoms with van der Waals surface area (Å²) < 4.78 is 67.4. The van der Waals surface area contributed by atoms with E-state index in [1.165, 1.54) is 50.7 Å². The molecule has 1 amide bonds. The molecule has 2 aromatic heterocycles. The summed E-state index contributed by atoms with van der Waals surface area (Å²) in [6.45, 7) is 0. The third kappa shape index (κ3) is 6.22. The van der Waals surface area contributed by atoms with Gasteiger partial charge in [-0.25, -0.2) is 24.0 Å². The van der Waals surface area contributed by atoms with E-state index in [-0.39, 0.29) is 34.3 Å². The van der Waals surface area contributed by atoms with E-state index in [9.17, 15) is 26.6 Å². The molecule has 1 unspecified atom stereocenters. The lowest BCUT2D eigenvalue weighted by molar-refractivity contribution is -0.137. The zero-order valence-electron chi connectivity index (χ0n) is 18.6. The van der Waals surface area contributed by atoms with Crippen molar-refractivity contribution in [2.45, 2.75) is 6.18 Å². The number of rotatable bonds is 8. The monoisotopic (exact) mass is 512 g/mol. The summed E-state index contributed by atoms with van der Waals surface area (Å²) in [4.78, 5) is 25.1. The van der Waals surface area contributed by atoms with E-state index in [1.807, 2.05) is 0 Å². The molecule has 3 rings (SSSR count). The van der Waals surface area contributed by atoms with Crippen molar-refractivity contribution in [1.82, 2.24) is 15.4 Å². The number of carbonyl (C=O) groups is 1. The second-order valence-corrected chi connectivity index (χ2v) is 8.38. The minimum absolute atomic E-state index is 0.0509. The number of alkyl halides is 3. The first kappa shape index (κ1) is 25.8. The Hall–Kier alpha value is -3.78. The highest BCUT2D eigenvalue weighted by Gasteiger charge is 2.36. The average molecular weight is 512 g/mol. The molecule has 1 atom stereocenters. The lowest BCUT2D eigenvalue weighted by Crippen LogP contribution is -2.25. The summed E-state index contributed by atoms with van der Waals surface area (Å²) in [5, 5.41) is 5.63. The van der Waals surface area contributed by atoms with E-state index < -0.39 is 34.4 Å². The molecule has 0 saturated carbocycles. The van der Waals surface area contributed by atoms with Crippen molar-refractivity contribution >= 4 is 45.6 Å². The Kier molecular flexibility index (Phi) is 7.86. The van der Waals surface area contributed by atoms with Crippen LogP contribution < -0.4 is 20.4 Å². The fourth-order valence-corrected chi connectivity index (χ4v) is 3.48. The van der Waals surface area contributed by atoms with Gasteiger partial charge in [0.25, 0.3) is 5.91 Å². The molecule has 0 bridgehead atoms. The fraction of sp³-hybridized carbons (Fsp3) is 0.190. The van der Waals surface area contributed by atoms with Gasteiger partial charge in [0.05, 0.1) is 41.5 Å². The number of aromatic nitrogens is 2. The maximum Gasteiger partial charge on any atom is 0.418 e. The Morgan fingerprint density at radius 3 is 2.37 bits per heavy atom. The number of nitrogens with zero attached hydrogens (tertiary/aromatic N) is 3. The maximum atomic E-state index is 13.7. The SMILES string of the molecule is CONC(=O)c1cnc(Nc2ccc(F)cn2)cc1Nc1cccc(C(F)(F)F)c1N(C)S(C)=O. The maximum absolute atomic E-state index is 13.7. The number of halogens is 4. The second-order valence-electron chi connectivity index (χ2n) is 6.98. The van der Waals surface area contributed by atoms with Gasteiger partial charge in [-0.1, -0.05) is 6.07 Å². The first-order valence-corrected chi connectivity index (χ1v) is 11.3. The Morgan fingerprint density at radius 1 is 1.06 bits per heavy atom. The van der Waals surface area contributed by atoms with E-state index in [0.717, 1.165) is 22.8 Å². The Labute approximate surface area is 200 Å². The van der Waals surface area contributed by atoms with E-state index in [1.54, 1.807) is 0 Å². The topological polar surface area (TPSA) is 108 Å². The van der Waals surface area contributed by atoms with Crippen molar-refractivity contribution < 1.29 is 31.4 Å². The molecule has 35 heavy (non-hydrogen) atoms. The number of hydrogen-bond donors (Lipinski definition) is 3. The lowest BCUT2D eigenvalue weighted by atomic mass is 10.1. The van der Waals surface area contributed by atoms with Crippen LogP contribution in [0.1, 0.15) is 15.9 Å². The van der Waals surface area contributed by atoms with Crippen LogP contribution in [0.5, 0.6) is 0 Å². The predicted molar refractivity (Wildman–Crippen MR) is 123 cm³/mol. The van der Waals surface area contributed by atoms with Gasteiger partial charge in [0.2, 0.25) is 0 Å². The molecule has 3 aromatic rings. The van der Waals surface area contributed by atoms with Gasteiger partial charge in [-0.3, -0.25) is 13.9 Å². The number of carbonyl (C=O) groups excluding carboxylic acids is 1. The third-order valence-electron chi connectivity index (χ3n) is 4.64. The highest BCUT2D eigenvalue weighted by Crippen LogP contribution is 2.42. The highest BCUT2D eigenvalue weighted by atomic mass is 32.2. The van der Waals surface area contributed by atoms with Gasteiger partial charge < -0.3 is 10.6 Å². The van der Waals surface area contributed by atoms with Gasteiger partial charge in [-0.05, 0) is 24.3 Å². The standard InChI is InChI=1S/C21H20F4N6O3S/c1-31(35(3)33)19-14(21(23,24)25)5-4-6-15(19)28-16-9-18(27-11-13(16)20(32)30-34-2)29-17-8-7-12(22)10-26-17/h4-11H,1-3H3,(H,30,32)(H2,26,27,28,29). The summed E-state index contributed by atoms with van der Waals surface area (Å²) in [7, 11) is 0.673. The first-order valence-electron chi connectivity index (χ1n) is 9.77. The summed E-state index contributed by atoms with van der Waals surface area (Å²) >= 11 is 0. The molecule has 2 heterocycles. The highest BCUT2D eigenvalue weighted by molar-refractivity contribution is 7.85. The van der Waals surface area contributed by atoms with Crippen molar-refractivity contribution in [2.75, 3.05) is 35.4 Å². The van der Waals surface area contributed by atoms with Crippen LogP contribution in [0.2, 0.25) is 0 Å². The average Bonchev–Trinajstić information content (AvgIpc) is 2.79. The van der Waals surface area contributed by atoms with Crippen LogP contribution >= 0.6 is 0 Å². The largest absolute Gasteiger partial charge is 0.418 e. The van der Waals surface area contributed by atoms with Crippen LogP contribution in [-0.2, 0) is 22.0 Å². The summed E-state index contributed by atoms with van der Waals surface area (Å²) in [5.41, 5.74) is 0.637. The molecule has 9 nitrogen and oxygen atoms in total. The first-order chi connectivity index (χ1) is 16.5. The van der Waals surface area contributed by atoms with Crippen molar-refractivity contribution in [3.63, 3.8) is 0 Å². The molecule has 3 N–H and O–H groups in total. The van der Waals surface area contributed by atoms with Gasteiger partial charge in [0, 0.05) is 25.6 Å². The quantitative estimate of drug-likeness (QED) is 0.308. The summed E-state index contributed by atoms with van der Waals surface area (Å²) in [6, 6.07) is 7.26. The third-order valence-corrected chi connectivity index (χ3v) is 5.59. The van der Waals surface area contributed by atoms with Crippen LogP contribution in [0.15, 0.2) is 48.8 Å². The molecule has 1 aromatic carbocycles. The Morgan fingerprint density at radius 2 is 1.77 bits per heavy atom. The van der Waals surface area contributed by atoms with Crippen LogP contribution in [0, 0.1) is 5.82 Å². The molecular weight excluding hydrogens is 492 g/mol. The number of pyridine rings is 2. The molecular formula is C21H20F4N6O3S. The minimum atomic E-state index is -4.74. The molecule has 0 fully saturated rings. The fourth-order valence-electron chi connectivity index (χ4n) is 3.02. The van der Waals surface area contributed by atoms with E-state index in [4.69, 9.17) is 0 Å². The number of nitrogens with one attached hydrogen (secondary N) is 3. The van der Waals surface area contributed by atoms with Gasteiger partial charge >= 0.3 is 6.18 Å². The van der Waals surface area contributed by atoms with E-state index in [2.05, 4.69) is 30.9 Å². The Balaban J connectivity index is 2.11. The molecule has 0 radical (unpaired) electrons. The van der Waals surface area contributed by atoms with Crippen molar-refractivity contribution in [1.29, 1.82) is 0 Å². The molecule has 0 aliphatic heterocycles. The molecule has 0 saturated heterocycles. The zero-order valence-corrected chi connectivity index (χ0v) is 19.4. The van der Waals surface area contributed by atoms with Crippen LogP contribution in [0.3, 0.4) is 0 Å². The summed E-state index contributed by atoms with van der Waals surface area (Å²) in [6.07, 6.45) is -1.36. The van der Waals surface area contributed by atoms with E-state index in [0.29, 0.717) is 0 Å². The van der Waals surface area contributed by atoms with Crippen LogP contribution in [-0.4, -0.2) is 40.5 Å². The predicted octanol–water partition coefficient (Wildman–Crippen LogP) is 4.14. The van der Waals surface area contributed by atoms with Crippen LogP contribution in [0.25, 0.3) is 0 Å². The lowest BCUT2D eigenvalue weighted by Gasteiger charge is -2.25. The number of amides is 1. The molecule has 0 aliphatic carbocycles. The van der Waals surface area contributed by atoms with Crippen molar-refractivity contribution in [2.24, 2.45) is 0 Å². The number of para-hydroxylation sites is 1. The van der Waals surface area contributed by atoms with Crippen LogP contribution in [0.4, 0.5) is 46.3 Å². The minimum Gasteiger partial charge on any atom is -0.353 e. The number of hydroxylamine groups is 1. The van der Waals surface area contributed by atoms with E-state index >= 15 is 0 Å². The smallest absolute Gasteiger partial charge is 0.353 e. The zero-order chi connectivity index (χ0) is 25.8. The molecule has 186 valence electrons. The molecule has 0 aliphatic rings. The molecule has 14 heteroatoms. The van der Waals surface area contributed by atoms with Gasteiger partial charge in [-0.2, -0.15) is 13.2 Å². The van der Waals surface area contributed by atoms with Gasteiger partial charge in [0.15, 0.2) is 0 Å². The molecule has 0 spiro atoms. The Bertz CT molecular complexity index is 1240. The van der Waals surface area contributed by atoms with Crippen molar-refractivity contribution in [3.8, 4) is 0 Å². The number of anilines is 5. The van der Waals surface area contributed by atoms with Gasteiger partial charge in [0.1, 0.15) is 28.4 Å².